The maximum atomic E-state index is 11.3. The molecule has 0 saturated carbocycles. The molecule has 2 atom stereocenters. The van der Waals surface area contributed by atoms with Crippen LogP contribution in [0.25, 0.3) is 0 Å². The van der Waals surface area contributed by atoms with Gasteiger partial charge in [-0.2, -0.15) is 0 Å². The minimum Gasteiger partial charge on any atom is -0.351 e. The van der Waals surface area contributed by atoms with Crippen molar-refractivity contribution in [3.05, 3.63) is 64.3 Å². The number of anilines is 1. The number of likely N-dealkylation sites (tertiary alicyclic amines) is 1. The van der Waals surface area contributed by atoms with Gasteiger partial charge in [-0.15, -0.1) is 0 Å². The lowest BCUT2D eigenvalue weighted by Gasteiger charge is -2.41. The molecule has 25 heavy (non-hydrogen) atoms. The van der Waals surface area contributed by atoms with E-state index in [9.17, 15) is 10.1 Å². The van der Waals surface area contributed by atoms with E-state index in [1.165, 1.54) is 11.6 Å². The second kappa shape index (κ2) is 7.61. The number of pyridine rings is 1. The van der Waals surface area contributed by atoms with Gasteiger partial charge in [0.1, 0.15) is 0 Å². The van der Waals surface area contributed by atoms with Crippen LogP contribution in [0.2, 0.25) is 0 Å². The first kappa shape index (κ1) is 17.4. The highest BCUT2D eigenvalue weighted by Crippen LogP contribution is 2.30. The van der Waals surface area contributed by atoms with E-state index in [2.05, 4.69) is 41.1 Å². The summed E-state index contributed by atoms with van der Waals surface area (Å²) in [6, 6.07) is 13.9. The number of hydrogen-bond donors (Lipinski definition) is 0. The molecule has 1 saturated heterocycles. The van der Waals surface area contributed by atoms with Crippen molar-refractivity contribution in [2.45, 2.75) is 25.9 Å². The first-order chi connectivity index (χ1) is 12.1. The highest BCUT2D eigenvalue weighted by molar-refractivity contribution is 5.57. The van der Waals surface area contributed by atoms with Gasteiger partial charge in [-0.3, -0.25) is 15.0 Å². The van der Waals surface area contributed by atoms with Gasteiger partial charge in [0.05, 0.1) is 4.92 Å². The lowest BCUT2D eigenvalue weighted by molar-refractivity contribution is -0.384. The van der Waals surface area contributed by atoms with E-state index in [1.807, 2.05) is 18.0 Å². The number of nitro groups is 1. The van der Waals surface area contributed by atoms with Crippen molar-refractivity contribution < 1.29 is 4.92 Å². The van der Waals surface area contributed by atoms with E-state index in [-0.39, 0.29) is 16.7 Å². The Morgan fingerprint density at radius 3 is 2.72 bits per heavy atom. The summed E-state index contributed by atoms with van der Waals surface area (Å²) in [5.41, 5.74) is 1.39. The quantitative estimate of drug-likeness (QED) is 0.617. The number of hydrogen-bond acceptors (Lipinski definition) is 5. The summed E-state index contributed by atoms with van der Waals surface area (Å²) >= 11 is 0. The molecule has 1 aromatic heterocycles. The molecule has 0 spiro atoms. The van der Waals surface area contributed by atoms with Gasteiger partial charge in [-0.1, -0.05) is 37.3 Å². The van der Waals surface area contributed by atoms with Crippen LogP contribution < -0.4 is 4.90 Å². The molecule has 6 heteroatoms. The minimum absolute atomic E-state index is 0.0731. The summed E-state index contributed by atoms with van der Waals surface area (Å²) in [5.74, 6) is 0.866. The number of aromatic nitrogens is 1. The van der Waals surface area contributed by atoms with Crippen molar-refractivity contribution in [2.24, 2.45) is 5.92 Å². The van der Waals surface area contributed by atoms with Crippen LogP contribution in [0.15, 0.2) is 48.7 Å². The third-order valence-electron chi connectivity index (χ3n) is 4.99. The molecule has 0 radical (unpaired) electrons. The van der Waals surface area contributed by atoms with Gasteiger partial charge in [0.15, 0.2) is 0 Å². The van der Waals surface area contributed by atoms with E-state index in [0.29, 0.717) is 11.7 Å². The van der Waals surface area contributed by atoms with Crippen molar-refractivity contribution in [1.29, 1.82) is 0 Å². The van der Waals surface area contributed by atoms with E-state index < -0.39 is 0 Å². The maximum Gasteiger partial charge on any atom is 0.311 e. The molecular formula is C19H24N4O2. The van der Waals surface area contributed by atoms with Gasteiger partial charge < -0.3 is 4.90 Å². The van der Waals surface area contributed by atoms with Crippen LogP contribution in [0.1, 0.15) is 18.9 Å². The molecule has 0 unspecified atom stereocenters. The summed E-state index contributed by atoms with van der Waals surface area (Å²) in [7, 11) is 1.92. The third-order valence-corrected chi connectivity index (χ3v) is 4.99. The predicted molar refractivity (Wildman–Crippen MR) is 98.6 cm³/mol. The molecule has 2 aromatic rings. The average Bonchev–Trinajstić information content (AvgIpc) is 2.62. The summed E-state index contributed by atoms with van der Waals surface area (Å²) in [5, 5.41) is 11.3. The normalized spacial score (nSPS) is 21.0. The second-order valence-electron chi connectivity index (χ2n) is 6.77. The van der Waals surface area contributed by atoms with Gasteiger partial charge in [0, 0.05) is 45.0 Å². The fourth-order valence-electron chi connectivity index (χ4n) is 3.74. The Bertz CT molecular complexity index is 722. The fourth-order valence-corrected chi connectivity index (χ4v) is 3.74. The van der Waals surface area contributed by atoms with Gasteiger partial charge in [-0.05, 0) is 24.0 Å². The van der Waals surface area contributed by atoms with Crippen molar-refractivity contribution in [1.82, 2.24) is 9.88 Å². The SMILES string of the molecule is C[C@@H]1CN(Cc2ccccc2)CC[C@@H]1N(C)c1ncccc1[N+](=O)[O-]. The molecule has 6 nitrogen and oxygen atoms in total. The minimum atomic E-state index is -0.353. The smallest absolute Gasteiger partial charge is 0.311 e. The maximum absolute atomic E-state index is 11.3. The van der Waals surface area contributed by atoms with E-state index in [4.69, 9.17) is 0 Å². The lowest BCUT2D eigenvalue weighted by Crippen LogP contribution is -2.49. The topological polar surface area (TPSA) is 62.5 Å². The van der Waals surface area contributed by atoms with Gasteiger partial charge in [-0.25, -0.2) is 4.98 Å². The van der Waals surface area contributed by atoms with Crippen LogP contribution in [0.3, 0.4) is 0 Å². The zero-order valence-corrected chi connectivity index (χ0v) is 14.7. The number of piperidine rings is 1. The molecule has 1 aliphatic rings. The van der Waals surface area contributed by atoms with E-state index in [1.54, 1.807) is 12.3 Å². The summed E-state index contributed by atoms with van der Waals surface area (Å²) in [6.07, 6.45) is 2.59. The largest absolute Gasteiger partial charge is 0.351 e. The number of rotatable bonds is 5. The zero-order valence-electron chi connectivity index (χ0n) is 14.7. The first-order valence-electron chi connectivity index (χ1n) is 8.65. The van der Waals surface area contributed by atoms with Crippen molar-refractivity contribution in [3.63, 3.8) is 0 Å². The van der Waals surface area contributed by atoms with Gasteiger partial charge >= 0.3 is 5.69 Å². The van der Waals surface area contributed by atoms with E-state index >= 15 is 0 Å². The molecule has 132 valence electrons. The molecule has 0 aliphatic carbocycles. The highest BCUT2D eigenvalue weighted by atomic mass is 16.6. The monoisotopic (exact) mass is 340 g/mol. The molecule has 3 rings (SSSR count). The fraction of sp³-hybridized carbons (Fsp3) is 0.421. The molecular weight excluding hydrogens is 316 g/mol. The average molecular weight is 340 g/mol. The first-order valence-corrected chi connectivity index (χ1v) is 8.65. The molecule has 1 fully saturated rings. The Labute approximate surface area is 148 Å². The van der Waals surface area contributed by atoms with Crippen LogP contribution >= 0.6 is 0 Å². The number of nitrogens with zero attached hydrogens (tertiary/aromatic N) is 4. The summed E-state index contributed by atoms with van der Waals surface area (Å²) in [4.78, 5) is 19.6. The Kier molecular flexibility index (Phi) is 5.28. The third kappa shape index (κ3) is 3.96. The Balaban J connectivity index is 1.68. The van der Waals surface area contributed by atoms with Crippen LogP contribution in [0.4, 0.5) is 11.5 Å². The Hall–Kier alpha value is -2.47. The molecule has 0 bridgehead atoms. The number of benzene rings is 1. The molecule has 2 heterocycles. The van der Waals surface area contributed by atoms with Crippen LogP contribution in [0, 0.1) is 16.0 Å². The Morgan fingerprint density at radius 2 is 2.04 bits per heavy atom. The van der Waals surface area contributed by atoms with Gasteiger partial charge in [0.2, 0.25) is 5.82 Å². The van der Waals surface area contributed by atoms with Gasteiger partial charge in [0.25, 0.3) is 0 Å². The lowest BCUT2D eigenvalue weighted by atomic mass is 9.92. The van der Waals surface area contributed by atoms with Crippen molar-refractivity contribution in [2.75, 3.05) is 25.0 Å². The highest BCUT2D eigenvalue weighted by Gasteiger charge is 2.32. The van der Waals surface area contributed by atoms with Crippen molar-refractivity contribution >= 4 is 11.5 Å². The predicted octanol–water partition coefficient (Wildman–Crippen LogP) is 3.34. The Morgan fingerprint density at radius 1 is 1.28 bits per heavy atom. The zero-order chi connectivity index (χ0) is 17.8. The molecule has 0 N–H and O–H groups in total. The van der Waals surface area contributed by atoms with Crippen LogP contribution in [-0.4, -0.2) is 41.0 Å². The summed E-state index contributed by atoms with van der Waals surface area (Å²) in [6.45, 7) is 5.12. The van der Waals surface area contributed by atoms with Crippen LogP contribution in [0.5, 0.6) is 0 Å². The molecule has 1 aliphatic heterocycles. The van der Waals surface area contributed by atoms with Crippen molar-refractivity contribution in [3.8, 4) is 0 Å². The van der Waals surface area contributed by atoms with Crippen LogP contribution in [-0.2, 0) is 6.54 Å². The molecule has 1 aromatic carbocycles. The van der Waals surface area contributed by atoms with E-state index in [0.717, 1.165) is 26.1 Å². The summed E-state index contributed by atoms with van der Waals surface area (Å²) < 4.78 is 0. The standard InChI is InChI=1S/C19H24N4O2/c1-15-13-22(14-16-7-4-3-5-8-16)12-10-17(15)21(2)19-18(23(24)25)9-6-11-20-19/h3-9,11,15,17H,10,12-14H2,1-2H3/t15-,17+/m1/s1. The second-order valence-corrected chi connectivity index (χ2v) is 6.77. The molecule has 0 amide bonds.